The number of halogens is 1. The lowest BCUT2D eigenvalue weighted by atomic mass is 10.2. The molecule has 1 N–H and O–H groups in total. The van der Waals surface area contributed by atoms with E-state index in [9.17, 15) is 4.79 Å². The molecule has 0 unspecified atom stereocenters. The average Bonchev–Trinajstić information content (AvgIpc) is 2.79. The summed E-state index contributed by atoms with van der Waals surface area (Å²) in [6.07, 6.45) is 1.54. The Kier molecular flexibility index (Phi) is 8.06. The highest BCUT2D eigenvalue weighted by Gasteiger charge is 2.12. The molecule has 31 heavy (non-hydrogen) atoms. The van der Waals surface area contributed by atoms with Crippen LogP contribution in [0.3, 0.4) is 0 Å². The number of carbonyl (C=O) groups excluding carboxylic acids is 1. The standard InChI is InChI=1S/C24H23BrN2O4/c1-3-30-20-11-9-19(10-12-20)24(28)27-26-15-18-13-21(25)23(22(14-18)29-2)31-16-17-7-5-4-6-8-17/h4-15H,3,16H2,1-2H3,(H,27,28)/b26-15-. The number of benzene rings is 3. The van der Waals surface area contributed by atoms with Crippen molar-refractivity contribution in [3.05, 3.63) is 87.9 Å². The van der Waals surface area contributed by atoms with Crippen molar-refractivity contribution in [3.63, 3.8) is 0 Å². The Labute approximate surface area is 190 Å². The van der Waals surface area contributed by atoms with E-state index in [-0.39, 0.29) is 5.91 Å². The van der Waals surface area contributed by atoms with Crippen LogP contribution >= 0.6 is 15.9 Å². The Bertz CT molecular complexity index is 1040. The summed E-state index contributed by atoms with van der Waals surface area (Å²) in [6, 6.07) is 20.4. The maximum Gasteiger partial charge on any atom is 0.271 e. The number of methoxy groups -OCH3 is 1. The second kappa shape index (κ2) is 11.2. The fourth-order valence-corrected chi connectivity index (χ4v) is 3.36. The molecule has 0 atom stereocenters. The van der Waals surface area contributed by atoms with Gasteiger partial charge in [0.05, 0.1) is 24.4 Å². The molecule has 6 nitrogen and oxygen atoms in total. The number of hydrazone groups is 1. The predicted octanol–water partition coefficient (Wildman–Crippen LogP) is 5.20. The van der Waals surface area contributed by atoms with Crippen molar-refractivity contribution in [2.24, 2.45) is 5.10 Å². The van der Waals surface area contributed by atoms with Crippen LogP contribution < -0.4 is 19.6 Å². The molecule has 0 fully saturated rings. The van der Waals surface area contributed by atoms with E-state index in [0.29, 0.717) is 36.0 Å². The Morgan fingerprint density at radius 1 is 1.06 bits per heavy atom. The second-order valence-corrected chi connectivity index (χ2v) is 7.32. The Hall–Kier alpha value is -3.32. The van der Waals surface area contributed by atoms with Gasteiger partial charge in [0, 0.05) is 5.56 Å². The first kappa shape index (κ1) is 22.4. The lowest BCUT2D eigenvalue weighted by Gasteiger charge is -2.13. The number of nitrogens with zero attached hydrogens (tertiary/aromatic N) is 1. The highest BCUT2D eigenvalue weighted by atomic mass is 79.9. The molecule has 3 rings (SSSR count). The van der Waals surface area contributed by atoms with Crippen LogP contribution in [0.5, 0.6) is 17.2 Å². The van der Waals surface area contributed by atoms with Gasteiger partial charge in [0.25, 0.3) is 5.91 Å². The summed E-state index contributed by atoms with van der Waals surface area (Å²) in [5.74, 6) is 1.56. The summed E-state index contributed by atoms with van der Waals surface area (Å²) >= 11 is 3.52. The fourth-order valence-electron chi connectivity index (χ4n) is 2.78. The number of ether oxygens (including phenoxy) is 3. The van der Waals surface area contributed by atoms with E-state index in [4.69, 9.17) is 14.2 Å². The minimum Gasteiger partial charge on any atom is -0.494 e. The third-order valence-corrected chi connectivity index (χ3v) is 4.87. The van der Waals surface area contributed by atoms with Gasteiger partial charge in [-0.05, 0) is 70.4 Å². The van der Waals surface area contributed by atoms with Crippen LogP contribution in [-0.4, -0.2) is 25.8 Å². The molecular weight excluding hydrogens is 460 g/mol. The number of carbonyl (C=O) groups is 1. The zero-order chi connectivity index (χ0) is 22.1. The smallest absolute Gasteiger partial charge is 0.271 e. The first-order chi connectivity index (χ1) is 15.1. The van der Waals surface area contributed by atoms with Crippen molar-refractivity contribution >= 4 is 28.1 Å². The SMILES string of the molecule is CCOc1ccc(C(=O)N/N=C\c2cc(Br)c(OCc3ccccc3)c(OC)c2)cc1. The molecule has 0 bridgehead atoms. The van der Waals surface area contributed by atoms with Crippen LogP contribution in [0.2, 0.25) is 0 Å². The van der Waals surface area contributed by atoms with Gasteiger partial charge in [0.1, 0.15) is 12.4 Å². The molecule has 7 heteroatoms. The van der Waals surface area contributed by atoms with Gasteiger partial charge >= 0.3 is 0 Å². The normalized spacial score (nSPS) is 10.7. The number of hydrogen-bond acceptors (Lipinski definition) is 5. The zero-order valence-electron chi connectivity index (χ0n) is 17.3. The van der Waals surface area contributed by atoms with Crippen LogP contribution in [0.15, 0.2) is 76.3 Å². The molecule has 0 saturated heterocycles. The minimum atomic E-state index is -0.312. The summed E-state index contributed by atoms with van der Waals surface area (Å²) in [6.45, 7) is 2.90. The van der Waals surface area contributed by atoms with E-state index >= 15 is 0 Å². The summed E-state index contributed by atoms with van der Waals surface area (Å²) in [5.41, 5.74) is 4.80. The number of hydrogen-bond donors (Lipinski definition) is 1. The van der Waals surface area contributed by atoms with E-state index in [1.54, 1.807) is 43.7 Å². The van der Waals surface area contributed by atoms with Crippen LogP contribution in [-0.2, 0) is 6.61 Å². The minimum absolute atomic E-state index is 0.312. The average molecular weight is 483 g/mol. The topological polar surface area (TPSA) is 69.2 Å². The van der Waals surface area contributed by atoms with Crippen molar-refractivity contribution in [2.75, 3.05) is 13.7 Å². The molecule has 1 amide bonds. The quantitative estimate of drug-likeness (QED) is 0.336. The van der Waals surface area contributed by atoms with Gasteiger partial charge in [-0.3, -0.25) is 4.79 Å². The van der Waals surface area contributed by atoms with Gasteiger partial charge < -0.3 is 14.2 Å². The second-order valence-electron chi connectivity index (χ2n) is 6.46. The first-order valence-electron chi connectivity index (χ1n) is 9.71. The molecule has 0 radical (unpaired) electrons. The molecule has 0 aliphatic rings. The summed E-state index contributed by atoms with van der Waals surface area (Å²) < 4.78 is 17.5. The molecule has 0 saturated carbocycles. The van der Waals surface area contributed by atoms with Crippen LogP contribution in [0.1, 0.15) is 28.4 Å². The van der Waals surface area contributed by atoms with Crippen LogP contribution in [0, 0.1) is 0 Å². The lowest BCUT2D eigenvalue weighted by molar-refractivity contribution is 0.0955. The highest BCUT2D eigenvalue weighted by Crippen LogP contribution is 2.36. The lowest BCUT2D eigenvalue weighted by Crippen LogP contribution is -2.17. The van der Waals surface area contributed by atoms with Crippen molar-refractivity contribution in [3.8, 4) is 17.2 Å². The van der Waals surface area contributed by atoms with Crippen molar-refractivity contribution in [1.82, 2.24) is 5.43 Å². The number of amides is 1. The van der Waals surface area contributed by atoms with E-state index in [2.05, 4.69) is 26.5 Å². The maximum atomic E-state index is 12.2. The molecule has 3 aromatic carbocycles. The Morgan fingerprint density at radius 2 is 1.81 bits per heavy atom. The van der Waals surface area contributed by atoms with Gasteiger partial charge in [-0.2, -0.15) is 5.10 Å². The molecule has 160 valence electrons. The predicted molar refractivity (Wildman–Crippen MR) is 124 cm³/mol. The molecule has 0 spiro atoms. The molecule has 0 aliphatic heterocycles. The van der Waals surface area contributed by atoms with Crippen molar-refractivity contribution < 1.29 is 19.0 Å². The van der Waals surface area contributed by atoms with Gasteiger partial charge in [-0.25, -0.2) is 5.43 Å². The van der Waals surface area contributed by atoms with Gasteiger partial charge in [-0.15, -0.1) is 0 Å². The Balaban J connectivity index is 1.65. The zero-order valence-corrected chi connectivity index (χ0v) is 18.9. The summed E-state index contributed by atoms with van der Waals surface area (Å²) in [4.78, 5) is 12.2. The van der Waals surface area contributed by atoms with E-state index in [1.165, 1.54) is 0 Å². The molecule has 0 aliphatic carbocycles. The third-order valence-electron chi connectivity index (χ3n) is 4.28. The number of rotatable bonds is 9. The monoisotopic (exact) mass is 482 g/mol. The summed E-state index contributed by atoms with van der Waals surface area (Å²) in [7, 11) is 1.58. The van der Waals surface area contributed by atoms with E-state index in [0.717, 1.165) is 15.6 Å². The van der Waals surface area contributed by atoms with Crippen molar-refractivity contribution in [2.45, 2.75) is 13.5 Å². The molecule has 3 aromatic rings. The maximum absolute atomic E-state index is 12.2. The van der Waals surface area contributed by atoms with Crippen molar-refractivity contribution in [1.29, 1.82) is 0 Å². The molecule has 0 aromatic heterocycles. The molecular formula is C24H23BrN2O4. The number of nitrogens with one attached hydrogen (secondary N) is 1. The van der Waals surface area contributed by atoms with Gasteiger partial charge in [-0.1, -0.05) is 30.3 Å². The van der Waals surface area contributed by atoms with Gasteiger partial charge in [0.2, 0.25) is 0 Å². The molecule has 0 heterocycles. The first-order valence-corrected chi connectivity index (χ1v) is 10.5. The fraction of sp³-hybridized carbons (Fsp3) is 0.167. The van der Waals surface area contributed by atoms with Gasteiger partial charge in [0.15, 0.2) is 11.5 Å². The third kappa shape index (κ3) is 6.33. The van der Waals surface area contributed by atoms with Crippen LogP contribution in [0.4, 0.5) is 0 Å². The summed E-state index contributed by atoms with van der Waals surface area (Å²) in [5, 5.41) is 4.04. The van der Waals surface area contributed by atoms with E-state index < -0.39 is 0 Å². The van der Waals surface area contributed by atoms with Crippen LogP contribution in [0.25, 0.3) is 0 Å². The van der Waals surface area contributed by atoms with E-state index in [1.807, 2.05) is 43.3 Å². The highest BCUT2D eigenvalue weighted by molar-refractivity contribution is 9.10. The Morgan fingerprint density at radius 3 is 2.48 bits per heavy atom. The largest absolute Gasteiger partial charge is 0.494 e.